The maximum Gasteiger partial charge on any atom is 0.269 e. The molecule has 2 N–H and O–H groups in total. The highest BCUT2D eigenvalue weighted by atomic mass is 16.5. The third-order valence-electron chi connectivity index (χ3n) is 3.95. The van der Waals surface area contributed by atoms with Gasteiger partial charge >= 0.3 is 0 Å². The van der Waals surface area contributed by atoms with Crippen LogP contribution in [0.4, 0.5) is 0 Å². The van der Waals surface area contributed by atoms with Crippen molar-refractivity contribution in [2.75, 3.05) is 32.8 Å². The summed E-state index contributed by atoms with van der Waals surface area (Å²) in [6.45, 7) is 3.38. The zero-order valence-electron chi connectivity index (χ0n) is 13.3. The number of nitrogens with zero attached hydrogens (tertiary/aromatic N) is 3. The van der Waals surface area contributed by atoms with Gasteiger partial charge in [-0.05, 0) is 24.3 Å². The number of aromatic hydroxyl groups is 1. The van der Waals surface area contributed by atoms with E-state index >= 15 is 0 Å². The Labute approximate surface area is 140 Å². The molecule has 126 valence electrons. The largest absolute Gasteiger partial charge is 0.506 e. The monoisotopic (exact) mass is 328 g/mol. The molecule has 0 radical (unpaired) electrons. The molecule has 0 aromatic carbocycles. The Hall–Kier alpha value is -2.51. The third kappa shape index (κ3) is 4.06. The highest BCUT2D eigenvalue weighted by Gasteiger charge is 2.24. The van der Waals surface area contributed by atoms with Gasteiger partial charge in [-0.15, -0.1) is 0 Å². The normalized spacial score (nSPS) is 16.5. The van der Waals surface area contributed by atoms with Crippen molar-refractivity contribution in [2.45, 2.75) is 6.04 Å². The van der Waals surface area contributed by atoms with Gasteiger partial charge in [0.05, 0.1) is 31.1 Å². The van der Waals surface area contributed by atoms with Crippen LogP contribution in [0.2, 0.25) is 0 Å². The molecule has 1 unspecified atom stereocenters. The zero-order valence-corrected chi connectivity index (χ0v) is 13.3. The van der Waals surface area contributed by atoms with E-state index < -0.39 is 0 Å². The van der Waals surface area contributed by atoms with Crippen molar-refractivity contribution in [3.63, 3.8) is 0 Å². The topological polar surface area (TPSA) is 87.6 Å². The fourth-order valence-electron chi connectivity index (χ4n) is 2.68. The van der Waals surface area contributed by atoms with Gasteiger partial charge in [-0.25, -0.2) is 4.98 Å². The van der Waals surface area contributed by atoms with Crippen LogP contribution >= 0.6 is 0 Å². The van der Waals surface area contributed by atoms with Gasteiger partial charge in [0, 0.05) is 25.8 Å². The summed E-state index contributed by atoms with van der Waals surface area (Å²) in [5.41, 5.74) is 1.19. The molecule has 2 aromatic rings. The Morgan fingerprint density at radius 2 is 2.08 bits per heavy atom. The molecule has 0 bridgehead atoms. The van der Waals surface area contributed by atoms with Crippen LogP contribution in [0.25, 0.3) is 0 Å². The molecule has 3 heterocycles. The van der Waals surface area contributed by atoms with Gasteiger partial charge in [-0.1, -0.05) is 6.07 Å². The minimum atomic E-state index is -0.274. The second kappa shape index (κ2) is 7.85. The molecule has 1 fully saturated rings. The first-order chi connectivity index (χ1) is 11.7. The number of aromatic nitrogens is 2. The number of carbonyl (C=O) groups is 1. The van der Waals surface area contributed by atoms with Crippen LogP contribution in [0.5, 0.6) is 5.75 Å². The molecule has 3 rings (SSSR count). The van der Waals surface area contributed by atoms with E-state index in [-0.39, 0.29) is 23.4 Å². The first kappa shape index (κ1) is 16.4. The molecule has 1 aliphatic rings. The van der Waals surface area contributed by atoms with Crippen LogP contribution in [-0.4, -0.2) is 58.7 Å². The zero-order chi connectivity index (χ0) is 16.8. The van der Waals surface area contributed by atoms with Gasteiger partial charge in [0.15, 0.2) is 0 Å². The van der Waals surface area contributed by atoms with Gasteiger partial charge in [0.25, 0.3) is 5.91 Å². The van der Waals surface area contributed by atoms with E-state index in [9.17, 15) is 9.90 Å². The molecule has 1 aliphatic heterocycles. The molecular weight excluding hydrogens is 308 g/mol. The van der Waals surface area contributed by atoms with Crippen LogP contribution in [0, 0.1) is 0 Å². The molecule has 24 heavy (non-hydrogen) atoms. The van der Waals surface area contributed by atoms with Gasteiger partial charge < -0.3 is 15.2 Å². The molecule has 7 heteroatoms. The van der Waals surface area contributed by atoms with Crippen LogP contribution < -0.4 is 5.32 Å². The number of hydrogen-bond acceptors (Lipinski definition) is 6. The molecule has 0 spiro atoms. The number of hydrogen-bond donors (Lipinski definition) is 2. The Morgan fingerprint density at radius 3 is 2.75 bits per heavy atom. The van der Waals surface area contributed by atoms with E-state index in [1.54, 1.807) is 6.20 Å². The van der Waals surface area contributed by atoms with E-state index in [4.69, 9.17) is 4.74 Å². The first-order valence-corrected chi connectivity index (χ1v) is 7.90. The van der Waals surface area contributed by atoms with Crippen molar-refractivity contribution >= 4 is 5.91 Å². The average molecular weight is 328 g/mol. The second-order valence-corrected chi connectivity index (χ2v) is 5.53. The van der Waals surface area contributed by atoms with Crippen molar-refractivity contribution < 1.29 is 14.6 Å². The van der Waals surface area contributed by atoms with Crippen molar-refractivity contribution in [1.29, 1.82) is 0 Å². The first-order valence-electron chi connectivity index (χ1n) is 7.90. The minimum Gasteiger partial charge on any atom is -0.506 e. The number of amides is 1. The Morgan fingerprint density at radius 1 is 1.25 bits per heavy atom. The highest BCUT2D eigenvalue weighted by molar-refractivity contribution is 5.92. The van der Waals surface area contributed by atoms with E-state index in [0.717, 1.165) is 18.8 Å². The van der Waals surface area contributed by atoms with Gasteiger partial charge in [-0.2, -0.15) is 0 Å². The number of ether oxygens (including phenoxy) is 1. The van der Waals surface area contributed by atoms with Gasteiger partial charge in [0.2, 0.25) is 0 Å². The second-order valence-electron chi connectivity index (χ2n) is 5.53. The summed E-state index contributed by atoms with van der Waals surface area (Å²) in [6, 6.07) is 8.70. The molecule has 1 atom stereocenters. The SMILES string of the molecule is O=C(NCC(c1ccccn1)N1CCOCC1)c1ccc(O)cn1. The fraction of sp³-hybridized carbons (Fsp3) is 0.353. The van der Waals surface area contributed by atoms with Crippen LogP contribution in [0.1, 0.15) is 22.2 Å². The molecule has 2 aromatic heterocycles. The summed E-state index contributed by atoms with van der Waals surface area (Å²) in [5, 5.41) is 12.2. The molecule has 1 saturated heterocycles. The molecule has 0 aliphatic carbocycles. The predicted octanol–water partition coefficient (Wildman–Crippen LogP) is 0.985. The Bertz CT molecular complexity index is 657. The van der Waals surface area contributed by atoms with Crippen molar-refractivity contribution in [2.24, 2.45) is 0 Å². The molecular formula is C17H20N4O3. The molecule has 1 amide bonds. The van der Waals surface area contributed by atoms with E-state index in [0.29, 0.717) is 19.8 Å². The summed E-state index contributed by atoms with van der Waals surface area (Å²) >= 11 is 0. The molecule has 7 nitrogen and oxygen atoms in total. The summed E-state index contributed by atoms with van der Waals surface area (Å²) < 4.78 is 5.41. The van der Waals surface area contributed by atoms with Crippen LogP contribution in [-0.2, 0) is 4.74 Å². The van der Waals surface area contributed by atoms with Crippen molar-refractivity contribution in [3.8, 4) is 5.75 Å². The third-order valence-corrected chi connectivity index (χ3v) is 3.95. The lowest BCUT2D eigenvalue weighted by molar-refractivity contribution is 0.0153. The maximum absolute atomic E-state index is 12.3. The Kier molecular flexibility index (Phi) is 5.35. The van der Waals surface area contributed by atoms with Gasteiger partial charge in [-0.3, -0.25) is 14.7 Å². The smallest absolute Gasteiger partial charge is 0.269 e. The fourth-order valence-corrected chi connectivity index (χ4v) is 2.68. The number of pyridine rings is 2. The summed E-state index contributed by atoms with van der Waals surface area (Å²) in [4.78, 5) is 22.9. The lowest BCUT2D eigenvalue weighted by Gasteiger charge is -2.34. The van der Waals surface area contributed by atoms with E-state index in [2.05, 4.69) is 20.2 Å². The van der Waals surface area contributed by atoms with Crippen LogP contribution in [0.3, 0.4) is 0 Å². The molecule has 0 saturated carbocycles. The highest BCUT2D eigenvalue weighted by Crippen LogP contribution is 2.19. The van der Waals surface area contributed by atoms with Crippen molar-refractivity contribution in [1.82, 2.24) is 20.2 Å². The van der Waals surface area contributed by atoms with E-state index in [1.807, 2.05) is 18.2 Å². The predicted molar refractivity (Wildman–Crippen MR) is 87.6 cm³/mol. The number of rotatable bonds is 5. The number of morpholine rings is 1. The Balaban J connectivity index is 1.69. The summed E-state index contributed by atoms with van der Waals surface area (Å²) in [5.74, 6) is -0.240. The summed E-state index contributed by atoms with van der Waals surface area (Å²) in [6.07, 6.45) is 3.01. The summed E-state index contributed by atoms with van der Waals surface area (Å²) in [7, 11) is 0. The maximum atomic E-state index is 12.3. The number of carbonyl (C=O) groups excluding carboxylic acids is 1. The quantitative estimate of drug-likeness (QED) is 0.851. The number of nitrogens with one attached hydrogen (secondary N) is 1. The van der Waals surface area contributed by atoms with Gasteiger partial charge in [0.1, 0.15) is 11.4 Å². The van der Waals surface area contributed by atoms with Crippen molar-refractivity contribution in [3.05, 3.63) is 54.1 Å². The standard InChI is InChI=1S/C17H20N4O3/c22-13-4-5-15(19-11-13)17(23)20-12-16(14-3-1-2-6-18-14)21-7-9-24-10-8-21/h1-6,11,16,22H,7-10,12H2,(H,20,23). The van der Waals surface area contributed by atoms with Crippen LogP contribution in [0.15, 0.2) is 42.7 Å². The lowest BCUT2D eigenvalue weighted by atomic mass is 10.1. The average Bonchev–Trinajstić information content (AvgIpc) is 2.64. The lowest BCUT2D eigenvalue weighted by Crippen LogP contribution is -2.44. The minimum absolute atomic E-state index is 0.0174. The van der Waals surface area contributed by atoms with E-state index in [1.165, 1.54) is 18.3 Å².